The Kier molecular flexibility index (Phi) is 7.23. The molecule has 1 atom stereocenters. The van der Waals surface area contributed by atoms with Crippen LogP contribution in [0.5, 0.6) is 0 Å². The van der Waals surface area contributed by atoms with E-state index in [0.29, 0.717) is 6.61 Å². The molecule has 1 amide bonds. The van der Waals surface area contributed by atoms with Gasteiger partial charge in [-0.1, -0.05) is 13.1 Å². The lowest BCUT2D eigenvalue weighted by Gasteiger charge is -2.20. The topological polar surface area (TPSA) is 47.6 Å². The zero-order valence-corrected chi connectivity index (χ0v) is 10.3. The highest BCUT2D eigenvalue weighted by atomic mass is 28.3. The summed E-state index contributed by atoms with van der Waals surface area (Å²) in [5.41, 5.74) is 0. The molecule has 0 aromatic carbocycles. The second kappa shape index (κ2) is 7.58. The van der Waals surface area contributed by atoms with E-state index in [9.17, 15) is 13.6 Å². The number of amides is 1. The van der Waals surface area contributed by atoms with Gasteiger partial charge < -0.3 is 9.47 Å². The molecule has 0 aliphatic rings. The van der Waals surface area contributed by atoms with E-state index in [-0.39, 0.29) is 5.85 Å². The fraction of sp³-hybridized carbons (Fsp3) is 0.875. The van der Waals surface area contributed by atoms with Crippen LogP contribution in [0.2, 0.25) is 13.1 Å². The highest BCUT2D eigenvalue weighted by Crippen LogP contribution is 1.97. The highest BCUT2D eigenvalue weighted by Gasteiger charge is 2.18. The summed E-state index contributed by atoms with van der Waals surface area (Å²) in [6.45, 7) is 5.34. The average molecular weight is 241 g/mol. The van der Waals surface area contributed by atoms with Crippen molar-refractivity contribution in [3.63, 3.8) is 0 Å². The van der Waals surface area contributed by atoms with Crippen molar-refractivity contribution in [1.29, 1.82) is 0 Å². The van der Waals surface area contributed by atoms with Gasteiger partial charge in [0.1, 0.15) is 5.85 Å². The van der Waals surface area contributed by atoms with E-state index in [1.54, 1.807) is 6.92 Å². The van der Waals surface area contributed by atoms with E-state index in [1.807, 2.05) is 13.1 Å². The molecular formula is C8H17F2NO3Si. The molecule has 0 radical (unpaired) electrons. The molecule has 0 aliphatic heterocycles. The first-order valence-corrected chi connectivity index (χ1v) is 7.78. The van der Waals surface area contributed by atoms with Crippen LogP contribution in [0.15, 0.2) is 0 Å². The summed E-state index contributed by atoms with van der Waals surface area (Å²) < 4.78 is 32.9. The summed E-state index contributed by atoms with van der Waals surface area (Å²) in [6, 6.07) is 0. The third-order valence-corrected chi connectivity index (χ3v) is 3.12. The van der Waals surface area contributed by atoms with E-state index in [1.165, 1.54) is 0 Å². The number of alkyl carbamates (subject to hydrolysis) is 1. The van der Waals surface area contributed by atoms with Crippen molar-refractivity contribution < 1.29 is 23.0 Å². The molecule has 1 unspecified atom stereocenters. The Morgan fingerprint density at radius 3 is 2.47 bits per heavy atom. The molecule has 15 heavy (non-hydrogen) atoms. The van der Waals surface area contributed by atoms with Crippen LogP contribution in [0.25, 0.3) is 0 Å². The van der Waals surface area contributed by atoms with Gasteiger partial charge in [0.15, 0.2) is 6.61 Å². The second-order valence-electron chi connectivity index (χ2n) is 3.25. The van der Waals surface area contributed by atoms with Gasteiger partial charge >= 0.3 is 6.09 Å². The summed E-state index contributed by atoms with van der Waals surface area (Å²) in [7, 11) is -1.23. The van der Waals surface area contributed by atoms with E-state index in [2.05, 4.69) is 10.1 Å². The van der Waals surface area contributed by atoms with Crippen LogP contribution in [-0.2, 0) is 9.47 Å². The normalized spacial score (nSPS) is 13.0. The molecule has 0 bridgehead atoms. The van der Waals surface area contributed by atoms with Crippen molar-refractivity contribution in [1.82, 2.24) is 5.32 Å². The van der Waals surface area contributed by atoms with Gasteiger partial charge in [-0.2, -0.15) is 0 Å². The van der Waals surface area contributed by atoms with E-state index < -0.39 is 27.9 Å². The van der Waals surface area contributed by atoms with Gasteiger partial charge in [0.25, 0.3) is 6.43 Å². The number of nitrogens with one attached hydrogen (secondary N) is 1. The summed E-state index contributed by atoms with van der Waals surface area (Å²) in [6.07, 6.45) is -3.49. The number of rotatable bonds is 6. The SMILES string of the molecule is CCOC(NC(=O)OCC(F)F)[SiH](C)C. The van der Waals surface area contributed by atoms with Gasteiger partial charge in [-0.15, -0.1) is 0 Å². The van der Waals surface area contributed by atoms with Gasteiger partial charge in [-0.05, 0) is 6.92 Å². The molecule has 0 saturated carbocycles. The maximum Gasteiger partial charge on any atom is 0.409 e. The average Bonchev–Trinajstić information content (AvgIpc) is 2.14. The lowest BCUT2D eigenvalue weighted by molar-refractivity contribution is 0.0355. The molecular weight excluding hydrogens is 224 g/mol. The first-order chi connectivity index (χ1) is 6.97. The minimum Gasteiger partial charge on any atom is -0.443 e. The van der Waals surface area contributed by atoms with Crippen molar-refractivity contribution in [2.45, 2.75) is 32.3 Å². The third kappa shape index (κ3) is 7.26. The number of ether oxygens (including phenoxy) is 2. The van der Waals surface area contributed by atoms with Crippen LogP contribution in [0.1, 0.15) is 6.92 Å². The number of hydrogen-bond acceptors (Lipinski definition) is 3. The molecule has 1 N–H and O–H groups in total. The molecule has 0 aromatic heterocycles. The number of alkyl halides is 2. The molecule has 90 valence electrons. The number of halogens is 2. The van der Waals surface area contributed by atoms with Gasteiger partial charge in [0, 0.05) is 6.61 Å². The standard InChI is InChI=1S/C8H17F2NO3Si/c1-4-13-8(15(2)3)11-7(12)14-5-6(9)10/h6,8,15H,4-5H2,1-3H3,(H,11,12). The van der Waals surface area contributed by atoms with Gasteiger partial charge in [0.05, 0.1) is 8.80 Å². The first-order valence-electron chi connectivity index (χ1n) is 4.80. The lowest BCUT2D eigenvalue weighted by Crippen LogP contribution is -2.45. The van der Waals surface area contributed by atoms with Crippen LogP contribution in [0.3, 0.4) is 0 Å². The molecule has 0 aromatic rings. The Hall–Kier alpha value is -0.693. The van der Waals surface area contributed by atoms with E-state index in [4.69, 9.17) is 4.74 Å². The van der Waals surface area contributed by atoms with Crippen LogP contribution < -0.4 is 5.32 Å². The zero-order valence-electron chi connectivity index (χ0n) is 9.13. The second-order valence-corrected chi connectivity index (χ2v) is 6.35. The minimum atomic E-state index is -2.64. The van der Waals surface area contributed by atoms with Crippen LogP contribution in [0.4, 0.5) is 13.6 Å². The fourth-order valence-electron chi connectivity index (χ4n) is 0.877. The summed E-state index contributed by atoms with van der Waals surface area (Å²) in [5.74, 6) is -0.375. The van der Waals surface area contributed by atoms with Gasteiger partial charge in [-0.25, -0.2) is 13.6 Å². The van der Waals surface area contributed by atoms with Crippen molar-refractivity contribution >= 4 is 14.9 Å². The molecule has 7 heteroatoms. The summed E-state index contributed by atoms with van der Waals surface area (Å²) in [5, 5.41) is 2.42. The van der Waals surface area contributed by atoms with Crippen molar-refractivity contribution in [2.75, 3.05) is 13.2 Å². The number of carbonyl (C=O) groups excluding carboxylic acids is 1. The van der Waals surface area contributed by atoms with Crippen molar-refractivity contribution in [2.24, 2.45) is 0 Å². The summed E-state index contributed by atoms with van der Waals surface area (Å²) >= 11 is 0. The lowest BCUT2D eigenvalue weighted by atomic mass is 10.8. The van der Waals surface area contributed by atoms with Gasteiger partial charge in [-0.3, -0.25) is 5.32 Å². The monoisotopic (exact) mass is 241 g/mol. The quantitative estimate of drug-likeness (QED) is 0.564. The molecule has 0 heterocycles. The molecule has 0 fully saturated rings. The van der Waals surface area contributed by atoms with E-state index in [0.717, 1.165) is 0 Å². The summed E-state index contributed by atoms with van der Waals surface area (Å²) in [4.78, 5) is 11.0. The molecule has 0 saturated heterocycles. The number of hydrogen-bond donors (Lipinski definition) is 1. The predicted octanol–water partition coefficient (Wildman–Crippen LogP) is 1.37. The predicted molar refractivity (Wildman–Crippen MR) is 54.8 cm³/mol. The molecule has 4 nitrogen and oxygen atoms in total. The molecule has 0 aliphatic carbocycles. The third-order valence-electron chi connectivity index (χ3n) is 1.55. The highest BCUT2D eigenvalue weighted by molar-refractivity contribution is 6.57. The van der Waals surface area contributed by atoms with Gasteiger partial charge in [0.2, 0.25) is 0 Å². The first kappa shape index (κ1) is 14.3. The van der Waals surface area contributed by atoms with E-state index >= 15 is 0 Å². The molecule has 0 spiro atoms. The Morgan fingerprint density at radius 1 is 1.47 bits per heavy atom. The minimum absolute atomic E-state index is 0.375. The van der Waals surface area contributed by atoms with Crippen molar-refractivity contribution in [3.8, 4) is 0 Å². The zero-order chi connectivity index (χ0) is 11.8. The Morgan fingerprint density at radius 2 is 2.07 bits per heavy atom. The smallest absolute Gasteiger partial charge is 0.409 e. The fourth-order valence-corrected chi connectivity index (χ4v) is 1.92. The molecule has 0 rings (SSSR count). The Labute approximate surface area is 89.5 Å². The van der Waals surface area contributed by atoms with Crippen LogP contribution in [-0.4, -0.2) is 40.4 Å². The number of carbonyl (C=O) groups is 1. The Bertz CT molecular complexity index is 193. The maximum absolute atomic E-state index is 11.7. The van der Waals surface area contributed by atoms with Crippen LogP contribution >= 0.6 is 0 Å². The Balaban J connectivity index is 3.89. The van der Waals surface area contributed by atoms with Crippen molar-refractivity contribution in [3.05, 3.63) is 0 Å². The van der Waals surface area contributed by atoms with Crippen LogP contribution in [0, 0.1) is 0 Å². The largest absolute Gasteiger partial charge is 0.443 e. The maximum atomic E-state index is 11.7.